The quantitative estimate of drug-likeness (QED) is 0.368. The molecule has 1 fully saturated rings. The summed E-state index contributed by atoms with van der Waals surface area (Å²) in [4.78, 5) is 13.3. The molecular formula is C24H26Cl2N8. The maximum Gasteiger partial charge on any atom is 0.173 e. The van der Waals surface area contributed by atoms with Crippen LogP contribution in [0.3, 0.4) is 0 Å². The molecule has 0 bridgehead atoms. The predicted molar refractivity (Wildman–Crippen MR) is 134 cm³/mol. The van der Waals surface area contributed by atoms with Gasteiger partial charge in [0, 0.05) is 56.7 Å². The van der Waals surface area contributed by atoms with E-state index in [1.807, 2.05) is 23.0 Å². The normalized spacial score (nSPS) is 15.7. The van der Waals surface area contributed by atoms with Crippen LogP contribution in [0.25, 0.3) is 10.9 Å². The van der Waals surface area contributed by atoms with E-state index in [1.54, 1.807) is 12.4 Å². The summed E-state index contributed by atoms with van der Waals surface area (Å²) in [5, 5.41) is 15.1. The molecule has 0 radical (unpaired) electrons. The molecule has 0 spiro atoms. The average molecular weight is 497 g/mol. The second-order valence-electron chi connectivity index (χ2n) is 8.41. The van der Waals surface area contributed by atoms with Crippen LogP contribution in [0.1, 0.15) is 37.2 Å². The number of para-hydroxylation sites is 1. The van der Waals surface area contributed by atoms with Crippen molar-refractivity contribution in [1.82, 2.24) is 35.1 Å². The molecule has 1 aliphatic heterocycles. The fraction of sp³-hybridized carbons (Fsp3) is 0.375. The number of hydrogen-bond acceptors (Lipinski definition) is 7. The number of benzene rings is 1. The number of rotatable bonds is 7. The van der Waals surface area contributed by atoms with Gasteiger partial charge in [0.2, 0.25) is 0 Å². The molecule has 34 heavy (non-hydrogen) atoms. The monoisotopic (exact) mass is 496 g/mol. The molecule has 5 rings (SSSR count). The molecule has 1 saturated heterocycles. The minimum absolute atomic E-state index is 0.0923. The highest BCUT2D eigenvalue weighted by molar-refractivity contribution is 6.38. The van der Waals surface area contributed by atoms with Gasteiger partial charge in [0.25, 0.3) is 0 Å². The zero-order valence-corrected chi connectivity index (χ0v) is 20.5. The van der Waals surface area contributed by atoms with Crippen molar-refractivity contribution in [3.8, 4) is 0 Å². The Morgan fingerprint density at radius 1 is 1.00 bits per heavy atom. The zero-order chi connectivity index (χ0) is 23.5. The number of fused-ring (bicyclic) bond motifs is 1. The highest BCUT2D eigenvalue weighted by Gasteiger charge is 2.32. The van der Waals surface area contributed by atoms with Crippen molar-refractivity contribution in [3.63, 3.8) is 0 Å². The van der Waals surface area contributed by atoms with Gasteiger partial charge in [-0.25, -0.2) is 4.68 Å². The van der Waals surface area contributed by atoms with E-state index in [4.69, 9.17) is 23.2 Å². The third-order valence-electron chi connectivity index (χ3n) is 6.33. The summed E-state index contributed by atoms with van der Waals surface area (Å²) in [6, 6.07) is 10.2. The lowest BCUT2D eigenvalue weighted by atomic mass is 9.99. The Balaban J connectivity index is 1.51. The summed E-state index contributed by atoms with van der Waals surface area (Å²) in [5.74, 6) is 0.859. The van der Waals surface area contributed by atoms with Crippen LogP contribution in [0.15, 0.2) is 48.9 Å². The van der Waals surface area contributed by atoms with Crippen LogP contribution in [0.5, 0.6) is 0 Å². The molecule has 1 aliphatic rings. The highest BCUT2D eigenvalue weighted by atomic mass is 35.5. The fourth-order valence-corrected chi connectivity index (χ4v) is 5.24. The van der Waals surface area contributed by atoms with Crippen molar-refractivity contribution in [2.75, 3.05) is 31.1 Å². The smallest absolute Gasteiger partial charge is 0.173 e. The molecule has 3 aromatic heterocycles. The molecule has 0 amide bonds. The Hall–Kier alpha value is -2.81. The standard InChI is InChI=1S/C24H26Cl2N8/c1-2-3-10-34-24(29-30-31-34)22(18-8-9-28-21-7-5-4-6-17(18)21)32-11-13-33(14-12-32)23-19(25)15-27-16-20(23)26/h4-9,15-16,22H,2-3,10-14H2,1H3. The van der Waals surface area contributed by atoms with Gasteiger partial charge >= 0.3 is 0 Å². The number of aromatic nitrogens is 6. The molecule has 0 saturated carbocycles. The van der Waals surface area contributed by atoms with Crippen LogP contribution in [0.4, 0.5) is 5.69 Å². The molecule has 0 N–H and O–H groups in total. The third kappa shape index (κ3) is 4.45. The second kappa shape index (κ2) is 10.2. The van der Waals surface area contributed by atoms with Gasteiger partial charge in [-0.3, -0.25) is 14.9 Å². The number of pyridine rings is 2. The molecule has 8 nitrogen and oxygen atoms in total. The first kappa shape index (κ1) is 23.0. The van der Waals surface area contributed by atoms with E-state index in [0.29, 0.717) is 10.0 Å². The Labute approximate surface area is 208 Å². The van der Waals surface area contributed by atoms with Crippen LogP contribution < -0.4 is 4.90 Å². The number of halogens is 2. The van der Waals surface area contributed by atoms with Crippen molar-refractivity contribution in [1.29, 1.82) is 0 Å². The third-order valence-corrected chi connectivity index (χ3v) is 6.88. The van der Waals surface area contributed by atoms with Gasteiger partial charge in [-0.1, -0.05) is 54.7 Å². The van der Waals surface area contributed by atoms with Crippen LogP contribution in [0, 0.1) is 0 Å². The SMILES string of the molecule is CCCCn1nnnc1C(c1ccnc2ccccc12)N1CCN(c2c(Cl)cncc2Cl)CC1. The van der Waals surface area contributed by atoms with Crippen molar-refractivity contribution < 1.29 is 0 Å². The molecule has 176 valence electrons. The van der Waals surface area contributed by atoms with E-state index in [2.05, 4.69) is 60.4 Å². The van der Waals surface area contributed by atoms with E-state index >= 15 is 0 Å². The lowest BCUT2D eigenvalue weighted by molar-refractivity contribution is 0.201. The van der Waals surface area contributed by atoms with Gasteiger partial charge in [-0.2, -0.15) is 0 Å². The van der Waals surface area contributed by atoms with E-state index in [0.717, 1.165) is 73.5 Å². The maximum absolute atomic E-state index is 6.43. The van der Waals surface area contributed by atoms with Crippen molar-refractivity contribution in [3.05, 3.63) is 70.4 Å². The molecule has 1 atom stereocenters. The van der Waals surface area contributed by atoms with Crippen molar-refractivity contribution in [2.24, 2.45) is 0 Å². The minimum atomic E-state index is -0.0923. The first-order valence-electron chi connectivity index (χ1n) is 11.5. The Kier molecular flexibility index (Phi) is 6.89. The van der Waals surface area contributed by atoms with E-state index in [1.165, 1.54) is 0 Å². The van der Waals surface area contributed by atoms with Crippen LogP contribution >= 0.6 is 23.2 Å². The topological polar surface area (TPSA) is 75.9 Å². The summed E-state index contributed by atoms with van der Waals surface area (Å²) in [7, 11) is 0. The molecule has 1 unspecified atom stereocenters. The lowest BCUT2D eigenvalue weighted by Gasteiger charge is -2.40. The average Bonchev–Trinajstić information content (AvgIpc) is 3.32. The highest BCUT2D eigenvalue weighted by Crippen LogP contribution is 2.36. The van der Waals surface area contributed by atoms with Crippen LogP contribution in [0.2, 0.25) is 10.0 Å². The van der Waals surface area contributed by atoms with Gasteiger partial charge in [-0.15, -0.1) is 5.10 Å². The number of piperazine rings is 1. The van der Waals surface area contributed by atoms with Crippen LogP contribution in [-0.4, -0.2) is 61.3 Å². The maximum atomic E-state index is 6.43. The summed E-state index contributed by atoms with van der Waals surface area (Å²) in [6.45, 7) is 6.12. The van der Waals surface area contributed by atoms with E-state index < -0.39 is 0 Å². The Bertz CT molecular complexity index is 1240. The van der Waals surface area contributed by atoms with Crippen molar-refractivity contribution in [2.45, 2.75) is 32.4 Å². The lowest BCUT2D eigenvalue weighted by Crippen LogP contribution is -2.48. The summed E-state index contributed by atoms with van der Waals surface area (Å²) >= 11 is 12.9. The fourth-order valence-electron chi connectivity index (χ4n) is 4.64. The number of nitrogens with zero attached hydrogens (tertiary/aromatic N) is 8. The number of tetrazole rings is 1. The number of unbranched alkanes of at least 4 members (excludes halogenated alkanes) is 1. The molecule has 4 aromatic rings. The zero-order valence-electron chi connectivity index (χ0n) is 19.0. The van der Waals surface area contributed by atoms with E-state index in [9.17, 15) is 0 Å². The molecular weight excluding hydrogens is 471 g/mol. The van der Waals surface area contributed by atoms with Gasteiger partial charge < -0.3 is 4.90 Å². The van der Waals surface area contributed by atoms with Gasteiger partial charge in [-0.05, 0) is 34.5 Å². The Morgan fingerprint density at radius 3 is 2.53 bits per heavy atom. The Morgan fingerprint density at radius 2 is 1.76 bits per heavy atom. The van der Waals surface area contributed by atoms with E-state index in [-0.39, 0.29) is 6.04 Å². The summed E-state index contributed by atoms with van der Waals surface area (Å²) < 4.78 is 1.95. The molecule has 1 aromatic carbocycles. The van der Waals surface area contributed by atoms with Gasteiger partial charge in [0.05, 0.1) is 27.3 Å². The largest absolute Gasteiger partial charge is 0.366 e. The summed E-state index contributed by atoms with van der Waals surface area (Å²) in [5.41, 5.74) is 2.97. The first-order chi connectivity index (χ1) is 16.7. The molecule has 0 aliphatic carbocycles. The van der Waals surface area contributed by atoms with Crippen LogP contribution in [-0.2, 0) is 6.54 Å². The van der Waals surface area contributed by atoms with Gasteiger partial charge in [0.15, 0.2) is 5.82 Å². The number of aryl methyl sites for hydroxylation is 1. The molecule has 10 heteroatoms. The predicted octanol–water partition coefficient (Wildman–Crippen LogP) is 4.63. The number of anilines is 1. The number of hydrogen-bond donors (Lipinski definition) is 0. The minimum Gasteiger partial charge on any atom is -0.366 e. The molecule has 4 heterocycles. The second-order valence-corrected chi connectivity index (χ2v) is 9.22. The van der Waals surface area contributed by atoms with Gasteiger partial charge in [0.1, 0.15) is 0 Å². The summed E-state index contributed by atoms with van der Waals surface area (Å²) in [6.07, 6.45) is 7.26. The van der Waals surface area contributed by atoms with Crippen molar-refractivity contribution >= 4 is 39.8 Å². The first-order valence-corrected chi connectivity index (χ1v) is 12.3.